The maximum Gasteiger partial charge on any atom is 0.270 e. The lowest BCUT2D eigenvalue weighted by Gasteiger charge is -2.16. The third-order valence-electron chi connectivity index (χ3n) is 4.70. The van der Waals surface area contributed by atoms with E-state index in [0.29, 0.717) is 29.1 Å². The molecule has 0 aliphatic heterocycles. The summed E-state index contributed by atoms with van der Waals surface area (Å²) in [5.41, 5.74) is 1.59. The highest BCUT2D eigenvalue weighted by Crippen LogP contribution is 2.41. The average Bonchev–Trinajstić information content (AvgIpc) is 3.10. The minimum absolute atomic E-state index is 0.0751. The molecule has 1 fully saturated rings. The minimum Gasteiger partial charge on any atom is -0.310 e. The van der Waals surface area contributed by atoms with Gasteiger partial charge in [0.05, 0.1) is 11.6 Å². The molecule has 1 aromatic carbocycles. The largest absolute Gasteiger partial charge is 0.310 e. The standard InChI is InChI=1S/C18H17F3N4O/c1-8-4-10(18(3,20)21)5-9(2)14(8)25-7-12-16(24-25)22-15(23-17(12)26)11-6-13(11)19/h4-5,7,11,13H,6H2,1-3H3,(H,22,23,24,26)/t11-,13-/m0/s1. The molecule has 26 heavy (non-hydrogen) atoms. The SMILES string of the molecule is Cc1cc(C(C)(F)F)cc(C)c1-n1cc2c(=O)[nH]c([C@H]3C[C@@H]3F)nc2n1. The monoisotopic (exact) mass is 362 g/mol. The van der Waals surface area contributed by atoms with Gasteiger partial charge in [0.1, 0.15) is 17.4 Å². The van der Waals surface area contributed by atoms with Gasteiger partial charge in [0.25, 0.3) is 11.5 Å². The zero-order valence-electron chi connectivity index (χ0n) is 14.5. The summed E-state index contributed by atoms with van der Waals surface area (Å²) in [7, 11) is 0. The summed E-state index contributed by atoms with van der Waals surface area (Å²) in [6.45, 7) is 4.28. The van der Waals surface area contributed by atoms with E-state index in [1.54, 1.807) is 13.8 Å². The van der Waals surface area contributed by atoms with E-state index >= 15 is 0 Å². The predicted molar refractivity (Wildman–Crippen MR) is 90.8 cm³/mol. The van der Waals surface area contributed by atoms with Crippen molar-refractivity contribution in [2.24, 2.45) is 0 Å². The van der Waals surface area contributed by atoms with E-state index in [0.717, 1.165) is 6.92 Å². The molecule has 2 atom stereocenters. The number of aryl methyl sites for hydroxylation is 2. The van der Waals surface area contributed by atoms with E-state index in [4.69, 9.17) is 0 Å². The van der Waals surface area contributed by atoms with Crippen molar-refractivity contribution in [3.63, 3.8) is 0 Å². The number of alkyl halides is 3. The number of hydrogen-bond donors (Lipinski definition) is 1. The van der Waals surface area contributed by atoms with Crippen LogP contribution in [0.3, 0.4) is 0 Å². The molecule has 0 amide bonds. The number of fused-ring (bicyclic) bond motifs is 1. The van der Waals surface area contributed by atoms with E-state index < -0.39 is 12.1 Å². The van der Waals surface area contributed by atoms with Crippen molar-refractivity contribution in [3.05, 3.63) is 51.2 Å². The Morgan fingerprint density at radius 1 is 1.27 bits per heavy atom. The Kier molecular flexibility index (Phi) is 3.51. The summed E-state index contributed by atoms with van der Waals surface area (Å²) in [6, 6.07) is 2.82. The highest BCUT2D eigenvalue weighted by atomic mass is 19.3. The van der Waals surface area contributed by atoms with Gasteiger partial charge in [0.15, 0.2) is 5.65 Å². The fraction of sp³-hybridized carbons (Fsp3) is 0.389. The smallest absolute Gasteiger partial charge is 0.270 e. The first-order chi connectivity index (χ1) is 12.1. The summed E-state index contributed by atoms with van der Waals surface area (Å²) in [4.78, 5) is 19.1. The van der Waals surface area contributed by atoms with Crippen LogP contribution in [0.25, 0.3) is 16.7 Å². The van der Waals surface area contributed by atoms with E-state index in [9.17, 15) is 18.0 Å². The van der Waals surface area contributed by atoms with Gasteiger partial charge in [-0.2, -0.15) is 0 Å². The van der Waals surface area contributed by atoms with Crippen LogP contribution < -0.4 is 5.56 Å². The van der Waals surface area contributed by atoms with E-state index in [1.807, 2.05) is 0 Å². The maximum atomic E-state index is 13.6. The molecule has 2 heterocycles. The molecule has 3 aromatic rings. The lowest BCUT2D eigenvalue weighted by Crippen LogP contribution is -2.10. The van der Waals surface area contributed by atoms with Crippen LogP contribution in [0.1, 0.15) is 41.8 Å². The zero-order chi connectivity index (χ0) is 18.8. The molecule has 5 nitrogen and oxygen atoms in total. The van der Waals surface area contributed by atoms with Gasteiger partial charge in [0.2, 0.25) is 0 Å². The molecule has 0 bridgehead atoms. The van der Waals surface area contributed by atoms with Crippen molar-refractivity contribution in [2.45, 2.75) is 45.2 Å². The molecule has 1 aliphatic rings. The van der Waals surface area contributed by atoms with Crippen molar-refractivity contribution in [3.8, 4) is 5.69 Å². The number of halogens is 3. The van der Waals surface area contributed by atoms with Crippen molar-refractivity contribution >= 4 is 11.0 Å². The van der Waals surface area contributed by atoms with Gasteiger partial charge < -0.3 is 4.98 Å². The molecular formula is C18H17F3N4O. The summed E-state index contributed by atoms with van der Waals surface area (Å²) in [5, 5.41) is 4.60. The first-order valence-corrected chi connectivity index (χ1v) is 8.28. The molecule has 136 valence electrons. The Hall–Kier alpha value is -2.64. The normalized spacial score (nSPS) is 19.9. The number of rotatable bonds is 3. The van der Waals surface area contributed by atoms with Crippen LogP contribution in [0.4, 0.5) is 13.2 Å². The first-order valence-electron chi connectivity index (χ1n) is 8.28. The van der Waals surface area contributed by atoms with Gasteiger partial charge in [-0.25, -0.2) is 22.8 Å². The van der Waals surface area contributed by atoms with Crippen LogP contribution in [-0.4, -0.2) is 25.9 Å². The first kappa shape index (κ1) is 16.8. The second-order valence-corrected chi connectivity index (χ2v) is 6.97. The van der Waals surface area contributed by atoms with Gasteiger partial charge in [-0.05, 0) is 43.5 Å². The van der Waals surface area contributed by atoms with Crippen LogP contribution in [0, 0.1) is 13.8 Å². The molecule has 8 heteroatoms. The lowest BCUT2D eigenvalue weighted by molar-refractivity contribution is 0.0173. The van der Waals surface area contributed by atoms with Crippen LogP contribution >= 0.6 is 0 Å². The quantitative estimate of drug-likeness (QED) is 0.773. The van der Waals surface area contributed by atoms with Crippen molar-refractivity contribution in [2.75, 3.05) is 0 Å². The molecule has 1 N–H and O–H groups in total. The van der Waals surface area contributed by atoms with Gasteiger partial charge in [0, 0.05) is 18.7 Å². The number of hydrogen-bond acceptors (Lipinski definition) is 3. The number of benzene rings is 1. The highest BCUT2D eigenvalue weighted by molar-refractivity contribution is 5.73. The fourth-order valence-electron chi connectivity index (χ4n) is 3.24. The number of H-pyrrole nitrogens is 1. The molecule has 1 saturated carbocycles. The van der Waals surface area contributed by atoms with Gasteiger partial charge in [-0.3, -0.25) is 4.79 Å². The molecule has 0 spiro atoms. The Balaban J connectivity index is 1.85. The Labute approximate surface area is 146 Å². The number of aromatic nitrogens is 4. The highest BCUT2D eigenvalue weighted by Gasteiger charge is 2.41. The molecule has 0 saturated heterocycles. The average molecular weight is 362 g/mol. The second-order valence-electron chi connectivity index (χ2n) is 6.97. The van der Waals surface area contributed by atoms with Crippen molar-refractivity contribution in [1.29, 1.82) is 0 Å². The van der Waals surface area contributed by atoms with E-state index in [-0.39, 0.29) is 28.1 Å². The Morgan fingerprint density at radius 2 is 1.88 bits per heavy atom. The fourth-order valence-corrected chi connectivity index (χ4v) is 3.24. The van der Waals surface area contributed by atoms with Gasteiger partial charge in [-0.15, -0.1) is 5.10 Å². The molecular weight excluding hydrogens is 345 g/mol. The Morgan fingerprint density at radius 3 is 2.42 bits per heavy atom. The minimum atomic E-state index is -2.94. The van der Waals surface area contributed by atoms with Gasteiger partial charge >= 0.3 is 0 Å². The zero-order valence-corrected chi connectivity index (χ0v) is 14.5. The van der Waals surface area contributed by atoms with Crippen LogP contribution in [0.5, 0.6) is 0 Å². The summed E-state index contributed by atoms with van der Waals surface area (Å²) < 4.78 is 42.0. The molecule has 0 unspecified atom stereocenters. The third-order valence-corrected chi connectivity index (χ3v) is 4.70. The maximum absolute atomic E-state index is 13.6. The second kappa shape index (κ2) is 5.43. The van der Waals surface area contributed by atoms with Crippen LogP contribution in [-0.2, 0) is 5.92 Å². The summed E-state index contributed by atoms with van der Waals surface area (Å²) in [5.74, 6) is -3.02. The number of nitrogens with one attached hydrogen (secondary N) is 1. The van der Waals surface area contributed by atoms with E-state index in [1.165, 1.54) is 23.0 Å². The van der Waals surface area contributed by atoms with Crippen LogP contribution in [0.15, 0.2) is 23.1 Å². The number of aromatic amines is 1. The molecule has 0 radical (unpaired) electrons. The molecule has 1 aliphatic carbocycles. The summed E-state index contributed by atoms with van der Waals surface area (Å²) >= 11 is 0. The topological polar surface area (TPSA) is 63.6 Å². The molecule has 2 aromatic heterocycles. The van der Waals surface area contributed by atoms with Crippen molar-refractivity contribution < 1.29 is 13.2 Å². The van der Waals surface area contributed by atoms with E-state index in [2.05, 4.69) is 15.1 Å². The predicted octanol–water partition coefficient (Wildman–Crippen LogP) is 3.66. The lowest BCUT2D eigenvalue weighted by atomic mass is 10.0. The third kappa shape index (κ3) is 2.69. The number of nitrogens with zero attached hydrogens (tertiary/aromatic N) is 3. The molecule has 4 rings (SSSR count). The summed E-state index contributed by atoms with van der Waals surface area (Å²) in [6.07, 6.45) is 0.884. The Bertz CT molecular complexity index is 1060. The van der Waals surface area contributed by atoms with Crippen molar-refractivity contribution in [1.82, 2.24) is 19.7 Å². The van der Waals surface area contributed by atoms with Gasteiger partial charge in [-0.1, -0.05) is 0 Å². The van der Waals surface area contributed by atoms with Crippen LogP contribution in [0.2, 0.25) is 0 Å².